The third-order valence-electron chi connectivity index (χ3n) is 5.33. The Morgan fingerprint density at radius 3 is 2.68 bits per heavy atom. The molecule has 2 saturated heterocycles. The number of carbonyl (C=O) groups excluding carboxylic acids is 2. The number of rotatable bonds is 6. The molecule has 2 aromatic rings. The van der Waals surface area contributed by atoms with Crippen molar-refractivity contribution in [3.63, 3.8) is 0 Å². The van der Waals surface area contributed by atoms with Gasteiger partial charge in [-0.25, -0.2) is 0 Å². The first kappa shape index (κ1) is 19.1. The van der Waals surface area contributed by atoms with Gasteiger partial charge in [-0.2, -0.15) is 0 Å². The summed E-state index contributed by atoms with van der Waals surface area (Å²) < 4.78 is 5.48. The molecule has 1 aromatic carbocycles. The van der Waals surface area contributed by atoms with E-state index in [9.17, 15) is 9.59 Å². The van der Waals surface area contributed by atoms with Gasteiger partial charge in [0.25, 0.3) is 5.91 Å². The summed E-state index contributed by atoms with van der Waals surface area (Å²) >= 11 is 1.71. The van der Waals surface area contributed by atoms with Crippen LogP contribution in [0.4, 0.5) is 5.69 Å². The molecule has 3 heterocycles. The maximum absolute atomic E-state index is 13.0. The Bertz CT molecular complexity index is 818. The third kappa shape index (κ3) is 4.11. The Balaban J connectivity index is 1.49. The Hall–Kier alpha value is -2.22. The van der Waals surface area contributed by atoms with Gasteiger partial charge in [0.1, 0.15) is 0 Å². The predicted octanol–water partition coefficient (Wildman–Crippen LogP) is 2.68. The molecule has 7 heteroatoms. The van der Waals surface area contributed by atoms with E-state index in [-0.39, 0.29) is 17.9 Å². The molecule has 1 N–H and O–H groups in total. The number of thiophene rings is 1. The second-order valence-electron chi connectivity index (χ2n) is 7.06. The summed E-state index contributed by atoms with van der Waals surface area (Å²) in [7, 11) is 0. The van der Waals surface area contributed by atoms with Crippen LogP contribution in [-0.2, 0) is 9.53 Å². The van der Waals surface area contributed by atoms with Crippen LogP contribution in [0.5, 0.6) is 0 Å². The van der Waals surface area contributed by atoms with Gasteiger partial charge in [-0.3, -0.25) is 14.5 Å². The molecule has 6 nitrogen and oxygen atoms in total. The van der Waals surface area contributed by atoms with Gasteiger partial charge in [-0.1, -0.05) is 18.2 Å². The van der Waals surface area contributed by atoms with Crippen molar-refractivity contribution in [2.45, 2.75) is 18.9 Å². The number of carbonyl (C=O) groups is 2. The van der Waals surface area contributed by atoms with Crippen molar-refractivity contribution < 1.29 is 14.3 Å². The van der Waals surface area contributed by atoms with Crippen molar-refractivity contribution in [3.8, 4) is 0 Å². The molecule has 0 radical (unpaired) electrons. The predicted molar refractivity (Wildman–Crippen MR) is 110 cm³/mol. The summed E-state index contributed by atoms with van der Waals surface area (Å²) in [5.74, 6) is -0.0462. The number of morpholine rings is 1. The van der Waals surface area contributed by atoms with Crippen molar-refractivity contribution in [3.05, 3.63) is 52.2 Å². The van der Waals surface area contributed by atoms with Crippen LogP contribution >= 0.6 is 11.3 Å². The average Bonchev–Trinajstić information content (AvgIpc) is 3.41. The van der Waals surface area contributed by atoms with Crippen LogP contribution in [0.3, 0.4) is 0 Å². The van der Waals surface area contributed by atoms with Gasteiger partial charge < -0.3 is 15.0 Å². The minimum absolute atomic E-state index is 0.0880. The van der Waals surface area contributed by atoms with Gasteiger partial charge in [0.15, 0.2) is 0 Å². The van der Waals surface area contributed by atoms with E-state index in [0.717, 1.165) is 32.7 Å². The van der Waals surface area contributed by atoms with E-state index in [1.54, 1.807) is 22.3 Å². The van der Waals surface area contributed by atoms with Crippen molar-refractivity contribution in [1.82, 2.24) is 10.2 Å². The van der Waals surface area contributed by atoms with Crippen LogP contribution < -0.4 is 10.2 Å². The summed E-state index contributed by atoms with van der Waals surface area (Å²) in [6.45, 7) is 4.36. The standard InChI is InChI=1S/C21H25N3O3S/c25-20-8-3-9-24(20)17-6-2-1-5-16(17)21(26)22-15-18(19-7-4-14-28-19)23-10-12-27-13-11-23/h1-2,4-7,14,18H,3,8-13,15H2,(H,22,26). The maximum Gasteiger partial charge on any atom is 0.253 e. The van der Waals surface area contributed by atoms with Crippen LogP contribution in [0.15, 0.2) is 41.8 Å². The highest BCUT2D eigenvalue weighted by molar-refractivity contribution is 7.10. The molecule has 1 atom stereocenters. The van der Waals surface area contributed by atoms with Crippen molar-refractivity contribution in [1.29, 1.82) is 0 Å². The van der Waals surface area contributed by atoms with E-state index in [0.29, 0.717) is 30.8 Å². The van der Waals surface area contributed by atoms with Crippen LogP contribution in [0.25, 0.3) is 0 Å². The van der Waals surface area contributed by atoms with Crippen LogP contribution in [0.1, 0.15) is 34.1 Å². The second-order valence-corrected chi connectivity index (χ2v) is 8.03. The fourth-order valence-electron chi connectivity index (χ4n) is 3.87. The average molecular weight is 400 g/mol. The summed E-state index contributed by atoms with van der Waals surface area (Å²) in [4.78, 5) is 30.5. The van der Waals surface area contributed by atoms with Crippen LogP contribution in [0, 0.1) is 0 Å². The molecule has 2 fully saturated rings. The normalized spacial score (nSPS) is 19.0. The topological polar surface area (TPSA) is 61.9 Å². The van der Waals surface area contributed by atoms with Gasteiger partial charge in [-0.05, 0) is 30.0 Å². The minimum atomic E-state index is -0.134. The number of amides is 2. The largest absolute Gasteiger partial charge is 0.379 e. The monoisotopic (exact) mass is 399 g/mol. The lowest BCUT2D eigenvalue weighted by atomic mass is 10.1. The number of para-hydroxylation sites is 1. The molecule has 4 rings (SSSR count). The molecule has 0 bridgehead atoms. The first-order valence-corrected chi connectivity index (χ1v) is 10.6. The number of ether oxygens (including phenoxy) is 1. The minimum Gasteiger partial charge on any atom is -0.379 e. The molecule has 2 amide bonds. The van der Waals surface area contributed by atoms with Gasteiger partial charge in [-0.15, -0.1) is 11.3 Å². The van der Waals surface area contributed by atoms with Gasteiger partial charge in [0.2, 0.25) is 5.91 Å². The Morgan fingerprint density at radius 2 is 1.96 bits per heavy atom. The smallest absolute Gasteiger partial charge is 0.253 e. The van der Waals surface area contributed by atoms with E-state index in [4.69, 9.17) is 4.74 Å². The summed E-state index contributed by atoms with van der Waals surface area (Å²) in [5, 5.41) is 5.18. The van der Waals surface area contributed by atoms with E-state index in [2.05, 4.69) is 21.7 Å². The zero-order valence-corrected chi connectivity index (χ0v) is 16.6. The Morgan fingerprint density at radius 1 is 1.14 bits per heavy atom. The highest BCUT2D eigenvalue weighted by Crippen LogP contribution is 2.27. The van der Waals surface area contributed by atoms with Gasteiger partial charge in [0, 0.05) is 37.5 Å². The highest BCUT2D eigenvalue weighted by atomic mass is 32.1. The summed E-state index contributed by atoms with van der Waals surface area (Å²) in [6.07, 6.45) is 1.39. The Labute approximate surface area is 169 Å². The molecule has 2 aliphatic rings. The highest BCUT2D eigenvalue weighted by Gasteiger charge is 2.27. The second kappa shape index (κ2) is 8.86. The molecular formula is C21H25N3O3S. The van der Waals surface area contributed by atoms with Gasteiger partial charge >= 0.3 is 0 Å². The quantitative estimate of drug-likeness (QED) is 0.811. The number of nitrogens with zero attached hydrogens (tertiary/aromatic N) is 2. The zero-order valence-electron chi connectivity index (χ0n) is 15.8. The summed E-state index contributed by atoms with van der Waals surface area (Å²) in [6, 6.07) is 11.7. The third-order valence-corrected chi connectivity index (χ3v) is 6.30. The lowest BCUT2D eigenvalue weighted by Gasteiger charge is -2.34. The van der Waals surface area contributed by atoms with Crippen LogP contribution in [0.2, 0.25) is 0 Å². The Kier molecular flexibility index (Phi) is 6.04. The van der Waals surface area contributed by atoms with E-state index < -0.39 is 0 Å². The number of anilines is 1. The molecular weight excluding hydrogens is 374 g/mol. The molecule has 0 aliphatic carbocycles. The van der Waals surface area contributed by atoms with Crippen molar-refractivity contribution in [2.75, 3.05) is 44.3 Å². The molecule has 2 aliphatic heterocycles. The van der Waals surface area contributed by atoms with Crippen molar-refractivity contribution in [2.24, 2.45) is 0 Å². The van der Waals surface area contributed by atoms with E-state index in [1.807, 2.05) is 24.3 Å². The van der Waals surface area contributed by atoms with Crippen LogP contribution in [-0.4, -0.2) is 56.1 Å². The number of hydrogen-bond acceptors (Lipinski definition) is 5. The fraction of sp³-hybridized carbons (Fsp3) is 0.429. The zero-order chi connectivity index (χ0) is 19.3. The maximum atomic E-state index is 13.0. The van der Waals surface area contributed by atoms with Gasteiger partial charge in [0.05, 0.1) is 30.5 Å². The fourth-order valence-corrected chi connectivity index (χ4v) is 4.73. The lowest BCUT2D eigenvalue weighted by Crippen LogP contribution is -2.43. The summed E-state index contributed by atoms with van der Waals surface area (Å²) in [5.41, 5.74) is 1.27. The SMILES string of the molecule is O=C(NCC(c1cccs1)N1CCOCC1)c1ccccc1N1CCCC1=O. The van der Waals surface area contributed by atoms with E-state index in [1.165, 1.54) is 4.88 Å². The molecule has 0 saturated carbocycles. The first-order chi connectivity index (χ1) is 13.7. The molecule has 148 valence electrons. The molecule has 0 spiro atoms. The van der Waals surface area contributed by atoms with Crippen molar-refractivity contribution >= 4 is 28.8 Å². The molecule has 1 unspecified atom stereocenters. The molecule has 1 aromatic heterocycles. The number of hydrogen-bond donors (Lipinski definition) is 1. The van der Waals surface area contributed by atoms with E-state index >= 15 is 0 Å². The lowest BCUT2D eigenvalue weighted by molar-refractivity contribution is -0.117. The molecule has 28 heavy (non-hydrogen) atoms. The first-order valence-electron chi connectivity index (χ1n) is 9.77. The number of nitrogens with one attached hydrogen (secondary N) is 1. The number of benzene rings is 1.